The number of hydrogen-bond donors (Lipinski definition) is 1. The van der Waals surface area contributed by atoms with Crippen LogP contribution in [0.3, 0.4) is 0 Å². The minimum atomic E-state index is -0.381. The number of nitrogens with zero attached hydrogens (tertiary/aromatic N) is 3. The maximum atomic E-state index is 13.8. The highest BCUT2D eigenvalue weighted by atomic mass is 16.2. The molecule has 2 saturated heterocycles. The fourth-order valence-electron chi connectivity index (χ4n) is 7.03. The van der Waals surface area contributed by atoms with Gasteiger partial charge in [0.2, 0.25) is 0 Å². The number of nitrogens with one attached hydrogen (secondary N) is 1. The molecule has 3 heterocycles. The van der Waals surface area contributed by atoms with E-state index < -0.39 is 0 Å². The molecular formula is C32H36N4O2. The Morgan fingerprint density at radius 3 is 2.61 bits per heavy atom. The molecule has 6 heteroatoms. The quantitative estimate of drug-likeness (QED) is 0.513. The minimum absolute atomic E-state index is 0.00919. The Hall–Kier alpha value is -3.38. The summed E-state index contributed by atoms with van der Waals surface area (Å²) in [5.74, 6) is 0.0265. The monoisotopic (exact) mass is 508 g/mol. The second-order valence-electron chi connectivity index (χ2n) is 11.7. The van der Waals surface area contributed by atoms with Crippen molar-refractivity contribution in [3.63, 3.8) is 0 Å². The Morgan fingerprint density at radius 2 is 1.82 bits per heavy atom. The van der Waals surface area contributed by atoms with Crippen molar-refractivity contribution >= 4 is 34.0 Å². The molecule has 0 radical (unpaired) electrons. The number of benzene rings is 3. The molecule has 3 aromatic carbocycles. The van der Waals surface area contributed by atoms with Crippen LogP contribution in [0, 0.1) is 6.92 Å². The van der Waals surface area contributed by atoms with Crippen LogP contribution < -0.4 is 15.1 Å². The first-order valence-corrected chi connectivity index (χ1v) is 14.2. The standard InChI is InChI=1S/C32H36N4O2/c1-21-9-10-22(36-18-13-23(20-36)35-16-4-3-5-17-35)19-26(21)30(37)33-32(14-15-32)27-11-12-28-29-24(27)7-6-8-25(29)31(38)34(28)2/h6-12,19,23H,3-5,13-18,20H2,1-2H3,(H,33,37). The van der Waals surface area contributed by atoms with Gasteiger partial charge in [0.1, 0.15) is 0 Å². The van der Waals surface area contributed by atoms with Gasteiger partial charge < -0.3 is 15.1 Å². The molecule has 1 atom stereocenters. The number of anilines is 2. The second-order valence-corrected chi connectivity index (χ2v) is 11.7. The van der Waals surface area contributed by atoms with Crippen molar-refractivity contribution in [1.82, 2.24) is 10.2 Å². The smallest absolute Gasteiger partial charge is 0.258 e. The average molecular weight is 509 g/mol. The van der Waals surface area contributed by atoms with Gasteiger partial charge in [-0.1, -0.05) is 30.7 Å². The number of aryl methyl sites for hydroxylation is 1. The summed E-state index contributed by atoms with van der Waals surface area (Å²) >= 11 is 0. The summed E-state index contributed by atoms with van der Waals surface area (Å²) in [6.45, 7) is 6.57. The summed E-state index contributed by atoms with van der Waals surface area (Å²) in [6, 6.07) is 17.1. The highest BCUT2D eigenvalue weighted by molar-refractivity contribution is 6.25. The van der Waals surface area contributed by atoms with E-state index in [0.29, 0.717) is 6.04 Å². The Bertz CT molecular complexity index is 1450. The molecule has 4 aliphatic rings. The molecule has 38 heavy (non-hydrogen) atoms. The third-order valence-corrected chi connectivity index (χ3v) is 9.43. The third-order valence-electron chi connectivity index (χ3n) is 9.43. The first-order valence-electron chi connectivity index (χ1n) is 14.2. The maximum Gasteiger partial charge on any atom is 0.258 e. The van der Waals surface area contributed by atoms with Crippen LogP contribution in [-0.4, -0.2) is 56.0 Å². The Morgan fingerprint density at radius 1 is 1.00 bits per heavy atom. The predicted octanol–water partition coefficient (Wildman–Crippen LogP) is 5.22. The van der Waals surface area contributed by atoms with Crippen molar-refractivity contribution in [2.45, 2.75) is 57.0 Å². The molecule has 1 unspecified atom stereocenters. The fraction of sp³-hybridized carbons (Fsp3) is 0.438. The topological polar surface area (TPSA) is 55.9 Å². The zero-order valence-corrected chi connectivity index (χ0v) is 22.4. The van der Waals surface area contributed by atoms with Gasteiger partial charge in [0.05, 0.1) is 11.2 Å². The number of hydrogen-bond acceptors (Lipinski definition) is 4. The molecule has 6 nitrogen and oxygen atoms in total. The van der Waals surface area contributed by atoms with Crippen LogP contribution in [0.25, 0.3) is 10.8 Å². The molecule has 7 rings (SSSR count). The number of carbonyl (C=O) groups excluding carboxylic acids is 2. The van der Waals surface area contributed by atoms with E-state index in [0.717, 1.165) is 70.3 Å². The van der Waals surface area contributed by atoms with E-state index in [4.69, 9.17) is 0 Å². The molecular weight excluding hydrogens is 472 g/mol. The van der Waals surface area contributed by atoms with E-state index in [2.05, 4.69) is 45.4 Å². The summed E-state index contributed by atoms with van der Waals surface area (Å²) in [5, 5.41) is 5.51. The van der Waals surface area contributed by atoms with Crippen molar-refractivity contribution in [2.24, 2.45) is 0 Å². The number of rotatable bonds is 5. The molecule has 1 aliphatic carbocycles. The van der Waals surface area contributed by atoms with E-state index in [1.165, 1.54) is 38.8 Å². The lowest BCUT2D eigenvalue weighted by Gasteiger charge is -2.32. The number of amides is 2. The van der Waals surface area contributed by atoms with Gasteiger partial charge in [0, 0.05) is 48.4 Å². The number of piperidine rings is 1. The second kappa shape index (κ2) is 8.84. The molecule has 2 amide bonds. The number of carbonyl (C=O) groups is 2. The van der Waals surface area contributed by atoms with Gasteiger partial charge in [0.15, 0.2) is 0 Å². The summed E-state index contributed by atoms with van der Waals surface area (Å²) < 4.78 is 0. The maximum absolute atomic E-state index is 13.8. The third kappa shape index (κ3) is 3.72. The van der Waals surface area contributed by atoms with E-state index in [-0.39, 0.29) is 17.4 Å². The van der Waals surface area contributed by atoms with Gasteiger partial charge in [-0.3, -0.25) is 14.5 Å². The van der Waals surface area contributed by atoms with Crippen LogP contribution in [0.4, 0.5) is 11.4 Å². The van der Waals surface area contributed by atoms with Gasteiger partial charge in [-0.15, -0.1) is 0 Å². The van der Waals surface area contributed by atoms with Gasteiger partial charge in [-0.25, -0.2) is 0 Å². The van der Waals surface area contributed by atoms with Crippen molar-refractivity contribution in [3.05, 3.63) is 70.8 Å². The summed E-state index contributed by atoms with van der Waals surface area (Å²) in [6.07, 6.45) is 7.01. The van der Waals surface area contributed by atoms with Gasteiger partial charge in [-0.2, -0.15) is 0 Å². The minimum Gasteiger partial charge on any atom is -0.370 e. The van der Waals surface area contributed by atoms with Gasteiger partial charge >= 0.3 is 0 Å². The lowest BCUT2D eigenvalue weighted by Crippen LogP contribution is -2.40. The van der Waals surface area contributed by atoms with Crippen molar-refractivity contribution in [1.29, 1.82) is 0 Å². The normalized spacial score (nSPS) is 22.4. The van der Waals surface area contributed by atoms with Gasteiger partial charge in [0.25, 0.3) is 11.8 Å². The van der Waals surface area contributed by atoms with E-state index >= 15 is 0 Å². The lowest BCUT2D eigenvalue weighted by molar-refractivity contribution is 0.0929. The Labute approximate surface area is 224 Å². The van der Waals surface area contributed by atoms with Crippen LogP contribution in [0.5, 0.6) is 0 Å². The molecule has 196 valence electrons. The van der Waals surface area contributed by atoms with Gasteiger partial charge in [-0.05, 0) is 92.9 Å². The molecule has 3 aliphatic heterocycles. The largest absolute Gasteiger partial charge is 0.370 e. The van der Waals surface area contributed by atoms with Crippen LogP contribution in [0.15, 0.2) is 48.5 Å². The molecule has 0 bridgehead atoms. The molecule has 3 aromatic rings. The average Bonchev–Trinajstić information content (AvgIpc) is 3.46. The van der Waals surface area contributed by atoms with E-state index in [9.17, 15) is 9.59 Å². The molecule has 1 N–H and O–H groups in total. The van der Waals surface area contributed by atoms with Crippen LogP contribution in [-0.2, 0) is 5.54 Å². The van der Waals surface area contributed by atoms with Crippen LogP contribution in [0.1, 0.15) is 70.4 Å². The molecule has 1 saturated carbocycles. The zero-order valence-electron chi connectivity index (χ0n) is 22.4. The van der Waals surface area contributed by atoms with E-state index in [1.54, 1.807) is 4.90 Å². The molecule has 3 fully saturated rings. The SMILES string of the molecule is Cc1ccc(N2CCC(N3CCCCC3)C2)cc1C(=O)NC1(c2ccc3c4c(cccc24)C(=O)N3C)CC1. The molecule has 0 aromatic heterocycles. The summed E-state index contributed by atoms with van der Waals surface area (Å²) in [5.41, 5.74) is 5.35. The van der Waals surface area contributed by atoms with Crippen molar-refractivity contribution in [3.8, 4) is 0 Å². The van der Waals surface area contributed by atoms with Crippen LogP contribution >= 0.6 is 0 Å². The van der Waals surface area contributed by atoms with Crippen molar-refractivity contribution < 1.29 is 9.59 Å². The molecule has 0 spiro atoms. The summed E-state index contributed by atoms with van der Waals surface area (Å²) in [7, 11) is 1.83. The first-order chi connectivity index (χ1) is 18.4. The summed E-state index contributed by atoms with van der Waals surface area (Å²) in [4.78, 5) is 33.4. The van der Waals surface area contributed by atoms with Crippen LogP contribution in [0.2, 0.25) is 0 Å². The highest BCUT2D eigenvalue weighted by Gasteiger charge is 2.47. The lowest BCUT2D eigenvalue weighted by atomic mass is 9.94. The van der Waals surface area contributed by atoms with E-state index in [1.807, 2.05) is 32.2 Å². The van der Waals surface area contributed by atoms with Crippen molar-refractivity contribution in [2.75, 3.05) is 43.0 Å². The highest BCUT2D eigenvalue weighted by Crippen LogP contribution is 2.50. The Kier molecular flexibility index (Phi) is 5.52. The predicted molar refractivity (Wildman–Crippen MR) is 152 cm³/mol. The first kappa shape index (κ1) is 23.7. The zero-order chi connectivity index (χ0) is 26.0. The number of likely N-dealkylation sites (tertiary alicyclic amines) is 1. The Balaban J connectivity index is 1.14. The fourth-order valence-corrected chi connectivity index (χ4v) is 7.03.